The molecule has 5 N–H and O–H groups in total. The predicted molar refractivity (Wildman–Crippen MR) is 54.2 cm³/mol. The topological polar surface area (TPSA) is 77.2 Å². The molecule has 0 fully saturated rings. The molecule has 71 valence electrons. The van der Waals surface area contributed by atoms with Gasteiger partial charge in [-0.2, -0.15) is 0 Å². The van der Waals surface area contributed by atoms with E-state index in [4.69, 9.17) is 11.1 Å². The fourth-order valence-corrected chi connectivity index (χ4v) is 1.37. The minimum absolute atomic E-state index is 0.0699. The van der Waals surface area contributed by atoms with Crippen LogP contribution in [0.1, 0.15) is 0 Å². The van der Waals surface area contributed by atoms with Crippen LogP contribution in [0.4, 0.5) is 0 Å². The highest BCUT2D eigenvalue weighted by molar-refractivity contribution is 6.33. The second-order valence-electron chi connectivity index (χ2n) is 2.86. The van der Waals surface area contributed by atoms with Crippen molar-refractivity contribution in [3.05, 3.63) is 11.9 Å². The number of nitrogens with zero attached hydrogens (tertiary/aromatic N) is 1. The SMILES string of the molecule is C[B]CC1NC=C(C(=N)N)N1NC. The first-order valence-corrected chi connectivity index (χ1v) is 4.25. The molecule has 1 aliphatic rings. The lowest BCUT2D eigenvalue weighted by Crippen LogP contribution is -2.46. The summed E-state index contributed by atoms with van der Waals surface area (Å²) in [6.45, 7) is 2.00. The van der Waals surface area contributed by atoms with E-state index in [2.05, 4.69) is 18.0 Å². The summed E-state index contributed by atoms with van der Waals surface area (Å²) in [4.78, 5) is 0. The Morgan fingerprint density at radius 2 is 2.62 bits per heavy atom. The van der Waals surface area contributed by atoms with Gasteiger partial charge in [-0.3, -0.25) is 10.4 Å². The van der Waals surface area contributed by atoms with Gasteiger partial charge in [0.1, 0.15) is 25.0 Å². The zero-order valence-corrected chi connectivity index (χ0v) is 7.96. The lowest BCUT2D eigenvalue weighted by atomic mass is 9.77. The molecule has 1 unspecified atom stereocenters. The highest BCUT2D eigenvalue weighted by atomic mass is 15.6. The Balaban J connectivity index is 2.65. The van der Waals surface area contributed by atoms with Crippen LogP contribution in [-0.4, -0.2) is 31.3 Å². The van der Waals surface area contributed by atoms with Crippen molar-refractivity contribution in [2.45, 2.75) is 19.3 Å². The number of rotatable bonds is 4. The van der Waals surface area contributed by atoms with Gasteiger partial charge in [0.2, 0.25) is 0 Å². The van der Waals surface area contributed by atoms with Gasteiger partial charge in [-0.05, 0) is 6.32 Å². The molecule has 0 aromatic carbocycles. The third kappa shape index (κ3) is 1.95. The fraction of sp³-hybridized carbons (Fsp3) is 0.571. The molecular formula is C7H15BN5. The van der Waals surface area contributed by atoms with Gasteiger partial charge < -0.3 is 11.1 Å². The van der Waals surface area contributed by atoms with Crippen LogP contribution in [0.2, 0.25) is 13.1 Å². The average molecular weight is 180 g/mol. The summed E-state index contributed by atoms with van der Waals surface area (Å²) in [6, 6.07) is 0. The molecule has 0 spiro atoms. The Morgan fingerprint density at radius 1 is 1.92 bits per heavy atom. The van der Waals surface area contributed by atoms with Crippen molar-refractivity contribution in [1.29, 1.82) is 5.41 Å². The second kappa shape index (κ2) is 4.18. The van der Waals surface area contributed by atoms with E-state index in [0.717, 1.165) is 6.32 Å². The van der Waals surface area contributed by atoms with Gasteiger partial charge in [0.15, 0.2) is 0 Å². The van der Waals surface area contributed by atoms with Crippen LogP contribution >= 0.6 is 0 Å². The molecule has 0 saturated carbocycles. The van der Waals surface area contributed by atoms with E-state index in [9.17, 15) is 0 Å². The number of nitrogens with two attached hydrogens (primary N) is 1. The number of hydrazine groups is 1. The van der Waals surface area contributed by atoms with Gasteiger partial charge in [-0.25, -0.2) is 5.43 Å². The Bertz CT molecular complexity index is 227. The smallest absolute Gasteiger partial charge is 0.142 e. The standard InChI is InChI=1S/C7H15BN5/c1-8-3-6-12-4-5(7(9)10)13(6)11-2/h4,6,11-12H,3H2,1-2H3,(H3,9,10). The van der Waals surface area contributed by atoms with Gasteiger partial charge in [-0.1, -0.05) is 6.82 Å². The molecule has 1 rings (SSSR count). The quantitative estimate of drug-likeness (QED) is 0.262. The summed E-state index contributed by atoms with van der Waals surface area (Å²) < 4.78 is 0. The van der Waals surface area contributed by atoms with Crippen molar-refractivity contribution in [1.82, 2.24) is 15.8 Å². The Kier molecular flexibility index (Phi) is 3.19. The maximum atomic E-state index is 7.33. The Hall–Kier alpha value is -1.17. The molecule has 1 radical (unpaired) electrons. The normalized spacial score (nSPS) is 20.9. The maximum absolute atomic E-state index is 7.33. The minimum atomic E-state index is 0.0699. The van der Waals surface area contributed by atoms with Crippen LogP contribution in [0.5, 0.6) is 0 Å². The molecule has 0 saturated heterocycles. The van der Waals surface area contributed by atoms with Crippen molar-refractivity contribution < 1.29 is 0 Å². The molecule has 0 aromatic rings. The molecule has 1 aliphatic heterocycles. The highest BCUT2D eigenvalue weighted by Gasteiger charge is 2.25. The van der Waals surface area contributed by atoms with Crippen molar-refractivity contribution >= 4 is 13.1 Å². The Morgan fingerprint density at radius 3 is 3.08 bits per heavy atom. The summed E-state index contributed by atoms with van der Waals surface area (Å²) in [5.41, 5.74) is 9.09. The third-order valence-corrected chi connectivity index (χ3v) is 1.96. The van der Waals surface area contributed by atoms with Crippen LogP contribution in [0.3, 0.4) is 0 Å². The highest BCUT2D eigenvalue weighted by Crippen LogP contribution is 2.13. The molecule has 0 amide bonds. The summed E-state index contributed by atoms with van der Waals surface area (Å²) in [7, 11) is 3.88. The monoisotopic (exact) mass is 180 g/mol. The van der Waals surface area contributed by atoms with Crippen molar-refractivity contribution in [3.63, 3.8) is 0 Å². The number of hydrogen-bond donors (Lipinski definition) is 4. The van der Waals surface area contributed by atoms with E-state index in [1.807, 2.05) is 18.9 Å². The first kappa shape index (κ1) is 9.92. The van der Waals surface area contributed by atoms with Crippen molar-refractivity contribution in [3.8, 4) is 0 Å². The molecule has 6 heteroatoms. The first-order chi connectivity index (χ1) is 6.20. The van der Waals surface area contributed by atoms with E-state index < -0.39 is 0 Å². The van der Waals surface area contributed by atoms with Crippen molar-refractivity contribution in [2.75, 3.05) is 7.05 Å². The molecule has 1 atom stereocenters. The summed E-state index contributed by atoms with van der Waals surface area (Å²) in [5.74, 6) is 0.0699. The number of amidine groups is 1. The second-order valence-corrected chi connectivity index (χ2v) is 2.86. The molecule has 13 heavy (non-hydrogen) atoms. The van der Waals surface area contributed by atoms with Crippen LogP contribution in [-0.2, 0) is 0 Å². The van der Waals surface area contributed by atoms with Crippen LogP contribution in [0.25, 0.3) is 0 Å². The van der Waals surface area contributed by atoms with Gasteiger partial charge in [0.05, 0.1) is 0 Å². The zero-order chi connectivity index (χ0) is 9.84. The van der Waals surface area contributed by atoms with Crippen LogP contribution in [0, 0.1) is 5.41 Å². The van der Waals surface area contributed by atoms with Gasteiger partial charge >= 0.3 is 0 Å². The lowest BCUT2D eigenvalue weighted by Gasteiger charge is -2.27. The first-order valence-electron chi connectivity index (χ1n) is 4.25. The maximum Gasteiger partial charge on any atom is 0.142 e. The lowest BCUT2D eigenvalue weighted by molar-refractivity contribution is 0.223. The largest absolute Gasteiger partial charge is 0.382 e. The molecule has 1 heterocycles. The van der Waals surface area contributed by atoms with E-state index >= 15 is 0 Å². The Labute approximate surface area is 79.1 Å². The number of hydrogen-bond acceptors (Lipinski definition) is 4. The van der Waals surface area contributed by atoms with Crippen LogP contribution < -0.4 is 16.5 Å². The summed E-state index contributed by atoms with van der Waals surface area (Å²) in [5, 5.41) is 12.3. The van der Waals surface area contributed by atoms with Gasteiger partial charge in [-0.15, -0.1) is 0 Å². The molecule has 0 aliphatic carbocycles. The molecule has 0 bridgehead atoms. The van der Waals surface area contributed by atoms with E-state index in [-0.39, 0.29) is 12.0 Å². The molecular weight excluding hydrogens is 165 g/mol. The van der Waals surface area contributed by atoms with Crippen LogP contribution in [0.15, 0.2) is 11.9 Å². The molecule has 0 aromatic heterocycles. The van der Waals surface area contributed by atoms with Crippen molar-refractivity contribution in [2.24, 2.45) is 5.73 Å². The molecule has 5 nitrogen and oxygen atoms in total. The summed E-state index contributed by atoms with van der Waals surface area (Å²) >= 11 is 0. The van der Waals surface area contributed by atoms with E-state index in [1.165, 1.54) is 0 Å². The predicted octanol–water partition coefficient (Wildman–Crippen LogP) is -0.700. The average Bonchev–Trinajstić information content (AvgIpc) is 2.48. The van der Waals surface area contributed by atoms with E-state index in [0.29, 0.717) is 5.70 Å². The minimum Gasteiger partial charge on any atom is -0.382 e. The van der Waals surface area contributed by atoms with Gasteiger partial charge in [0, 0.05) is 13.2 Å². The summed E-state index contributed by atoms with van der Waals surface area (Å²) in [6.07, 6.45) is 2.81. The number of nitrogens with one attached hydrogen (secondary N) is 3. The van der Waals surface area contributed by atoms with Gasteiger partial charge in [0.25, 0.3) is 0 Å². The van der Waals surface area contributed by atoms with E-state index in [1.54, 1.807) is 6.20 Å². The zero-order valence-electron chi connectivity index (χ0n) is 7.96. The fourth-order valence-electron chi connectivity index (χ4n) is 1.37. The third-order valence-electron chi connectivity index (χ3n) is 1.96.